The molecule has 49 heavy (non-hydrogen) atoms. The number of aryl methyl sites for hydroxylation is 1. The van der Waals surface area contributed by atoms with Crippen LogP contribution >= 0.6 is 0 Å². The topological polar surface area (TPSA) is 103 Å². The number of carbonyl (C=O) groups is 1. The van der Waals surface area contributed by atoms with Crippen molar-refractivity contribution in [1.29, 1.82) is 0 Å². The highest BCUT2D eigenvalue weighted by Crippen LogP contribution is 2.37. The molecule has 1 amide bonds. The fraction of sp³-hybridized carbons (Fsp3) is 0.447. The van der Waals surface area contributed by atoms with Gasteiger partial charge in [-0.15, -0.1) is 0 Å². The number of aromatic nitrogens is 1. The summed E-state index contributed by atoms with van der Waals surface area (Å²) in [4.78, 5) is 48.0. The molecule has 1 unspecified atom stereocenters. The number of likely N-dealkylation sites (tertiary alicyclic amines) is 1. The number of likely N-dealkylation sites (N-methyl/N-ethyl adjacent to an activating group) is 1. The van der Waals surface area contributed by atoms with Gasteiger partial charge in [0, 0.05) is 62.5 Å². The predicted octanol–water partition coefficient (Wildman–Crippen LogP) is 4.51. The molecule has 0 bridgehead atoms. The van der Waals surface area contributed by atoms with Crippen molar-refractivity contribution in [3.05, 3.63) is 73.4 Å². The van der Waals surface area contributed by atoms with E-state index in [-0.39, 0.29) is 27.6 Å². The Balaban J connectivity index is 1.21. The molecule has 2 aliphatic heterocycles. The summed E-state index contributed by atoms with van der Waals surface area (Å²) < 4.78 is 24.3. The number of halogens is 1. The summed E-state index contributed by atoms with van der Waals surface area (Å²) in [6.07, 6.45) is 10.9. The summed E-state index contributed by atoms with van der Waals surface area (Å²) in [5.41, 5.74) is 2.73. The van der Waals surface area contributed by atoms with Crippen LogP contribution in [-0.2, 0) is 6.42 Å². The smallest absolute Gasteiger partial charge is 0.256 e. The molecule has 5 aromatic rings. The van der Waals surface area contributed by atoms with Crippen molar-refractivity contribution in [2.24, 2.45) is 0 Å². The molecule has 4 heterocycles. The summed E-state index contributed by atoms with van der Waals surface area (Å²) in [7, 11) is 4.23. The molecule has 0 radical (unpaired) electrons. The zero-order chi connectivity index (χ0) is 33.8. The Labute approximate surface area is 283 Å². The molecule has 2 aromatic heterocycles. The van der Waals surface area contributed by atoms with E-state index < -0.39 is 17.2 Å². The van der Waals surface area contributed by atoms with E-state index in [1.54, 1.807) is 16.7 Å². The molecule has 0 saturated carbocycles. The first kappa shape index (κ1) is 31.9. The minimum Gasteiger partial charge on any atom is -0.451 e. The SMILES string of the molecule is CN1CCN(CCCNC(=O)c2cn3c4cc5c6c(c(=O)c5cc4oc4c(NCCC5CCCN5C)c(F)cc(c2=O)c43)C=CCC6)CC1. The highest BCUT2D eigenvalue weighted by Gasteiger charge is 2.26. The largest absolute Gasteiger partial charge is 0.451 e. The molecule has 1 atom stereocenters. The van der Waals surface area contributed by atoms with E-state index in [0.29, 0.717) is 46.7 Å². The molecule has 3 aliphatic rings. The van der Waals surface area contributed by atoms with Gasteiger partial charge in [0.15, 0.2) is 22.4 Å². The van der Waals surface area contributed by atoms with E-state index in [1.807, 2.05) is 18.2 Å². The van der Waals surface area contributed by atoms with Crippen LogP contribution < -0.4 is 21.5 Å². The first-order chi connectivity index (χ1) is 23.8. The average Bonchev–Trinajstić information content (AvgIpc) is 3.64. The number of carbonyl (C=O) groups excluding carboxylic acids is 1. The van der Waals surface area contributed by atoms with E-state index in [2.05, 4.69) is 39.4 Å². The van der Waals surface area contributed by atoms with Gasteiger partial charge in [0.1, 0.15) is 16.8 Å². The zero-order valence-electron chi connectivity index (χ0n) is 28.2. The lowest BCUT2D eigenvalue weighted by Crippen LogP contribution is -2.45. The summed E-state index contributed by atoms with van der Waals surface area (Å²) in [6.45, 7) is 6.88. The number of anilines is 1. The van der Waals surface area contributed by atoms with E-state index in [9.17, 15) is 14.4 Å². The fourth-order valence-electron chi connectivity index (χ4n) is 8.11. The second kappa shape index (κ2) is 12.9. The minimum atomic E-state index is -0.626. The minimum absolute atomic E-state index is 0.0573. The van der Waals surface area contributed by atoms with E-state index >= 15 is 4.39 Å². The van der Waals surface area contributed by atoms with Crippen molar-refractivity contribution >= 4 is 56.0 Å². The number of benzene rings is 2. The maximum atomic E-state index is 16.0. The normalized spacial score (nSPS) is 19.1. The van der Waals surface area contributed by atoms with Crippen LogP contribution in [0.25, 0.3) is 44.4 Å². The molecule has 11 heteroatoms. The van der Waals surface area contributed by atoms with Gasteiger partial charge in [-0.25, -0.2) is 4.39 Å². The van der Waals surface area contributed by atoms with Gasteiger partial charge < -0.3 is 34.2 Å². The first-order valence-corrected chi connectivity index (χ1v) is 17.6. The lowest BCUT2D eigenvalue weighted by Gasteiger charge is -2.32. The first-order valence-electron chi connectivity index (χ1n) is 17.6. The van der Waals surface area contributed by atoms with Gasteiger partial charge in [0.2, 0.25) is 5.43 Å². The lowest BCUT2D eigenvalue weighted by molar-refractivity contribution is 0.0948. The van der Waals surface area contributed by atoms with Gasteiger partial charge in [-0.1, -0.05) is 12.2 Å². The van der Waals surface area contributed by atoms with E-state index in [0.717, 1.165) is 88.7 Å². The average molecular weight is 667 g/mol. The van der Waals surface area contributed by atoms with Crippen molar-refractivity contribution in [3.63, 3.8) is 0 Å². The Morgan fingerprint density at radius 1 is 1.00 bits per heavy atom. The highest BCUT2D eigenvalue weighted by molar-refractivity contribution is 6.08. The van der Waals surface area contributed by atoms with Gasteiger partial charge in [-0.3, -0.25) is 14.4 Å². The molecule has 3 aromatic carbocycles. The van der Waals surface area contributed by atoms with Crippen LogP contribution in [0.2, 0.25) is 0 Å². The quantitative estimate of drug-likeness (QED) is 0.135. The zero-order valence-corrected chi connectivity index (χ0v) is 28.2. The monoisotopic (exact) mass is 666 g/mol. The van der Waals surface area contributed by atoms with Crippen molar-refractivity contribution in [3.8, 4) is 0 Å². The molecule has 2 N–H and O–H groups in total. The van der Waals surface area contributed by atoms with E-state index in [4.69, 9.17) is 4.42 Å². The number of piperazine rings is 1. The number of hydrogen-bond donors (Lipinski definition) is 2. The number of allylic oxidation sites excluding steroid dienone is 1. The summed E-state index contributed by atoms with van der Waals surface area (Å²) >= 11 is 0. The van der Waals surface area contributed by atoms with Crippen LogP contribution in [-0.4, -0.2) is 97.5 Å². The van der Waals surface area contributed by atoms with Crippen LogP contribution in [0.4, 0.5) is 10.1 Å². The number of rotatable bonds is 9. The van der Waals surface area contributed by atoms with Crippen molar-refractivity contribution in [2.45, 2.75) is 44.6 Å². The molecule has 0 spiro atoms. The lowest BCUT2D eigenvalue weighted by atomic mass is 10.00. The van der Waals surface area contributed by atoms with Gasteiger partial charge in [-0.2, -0.15) is 0 Å². The van der Waals surface area contributed by atoms with Gasteiger partial charge >= 0.3 is 0 Å². The summed E-state index contributed by atoms with van der Waals surface area (Å²) in [5.74, 6) is -1.12. The number of nitrogens with zero attached hydrogens (tertiary/aromatic N) is 4. The predicted molar refractivity (Wildman–Crippen MR) is 193 cm³/mol. The Bertz CT molecular complexity index is 2230. The van der Waals surface area contributed by atoms with Crippen LogP contribution in [0.5, 0.6) is 0 Å². The van der Waals surface area contributed by atoms with Crippen molar-refractivity contribution in [2.75, 3.05) is 71.8 Å². The summed E-state index contributed by atoms with van der Waals surface area (Å²) in [6, 6.07) is 5.28. The highest BCUT2D eigenvalue weighted by atomic mass is 19.1. The molecular formula is C38H43FN6O4. The number of hydrogen-bond acceptors (Lipinski definition) is 8. The number of pyridine rings is 1. The maximum Gasteiger partial charge on any atom is 0.256 e. The molecule has 2 fully saturated rings. The second-order valence-electron chi connectivity index (χ2n) is 14.1. The van der Waals surface area contributed by atoms with Crippen LogP contribution in [0.15, 0.2) is 44.5 Å². The van der Waals surface area contributed by atoms with Crippen LogP contribution in [0.3, 0.4) is 0 Å². The Morgan fingerprint density at radius 3 is 2.63 bits per heavy atom. The molecule has 256 valence electrons. The van der Waals surface area contributed by atoms with Crippen LogP contribution in [0.1, 0.15) is 53.6 Å². The third kappa shape index (κ3) is 5.67. The van der Waals surface area contributed by atoms with Crippen molar-refractivity contribution in [1.82, 2.24) is 24.4 Å². The Hall–Kier alpha value is -4.32. The molecule has 1 aliphatic carbocycles. The Kier molecular flexibility index (Phi) is 8.37. The Morgan fingerprint density at radius 2 is 1.84 bits per heavy atom. The number of fused-ring (bicyclic) bond motifs is 5. The summed E-state index contributed by atoms with van der Waals surface area (Å²) in [5, 5.41) is 7.66. The molecular weight excluding hydrogens is 623 g/mol. The van der Waals surface area contributed by atoms with Crippen molar-refractivity contribution < 1.29 is 13.6 Å². The third-order valence-electron chi connectivity index (χ3n) is 11.0. The van der Waals surface area contributed by atoms with E-state index in [1.165, 1.54) is 6.07 Å². The molecule has 2 saturated heterocycles. The van der Waals surface area contributed by atoms with Gasteiger partial charge in [0.25, 0.3) is 5.91 Å². The number of amides is 1. The standard InChI is InChI=1S/C38H43FN6O4/c1-42-15-17-44(18-16-42)14-6-11-41-38(48)29-22-45-31-20-26-24-8-3-4-9-25(24)35(46)27(26)21-32(31)49-37-33(30(39)19-28(34(37)45)36(29)47)40-12-10-23-7-5-13-43(23)2/h4,9,19-23,40H,3,5-8,10-18H2,1-2H3,(H,41,48). The third-order valence-corrected chi connectivity index (χ3v) is 11.0. The maximum absolute atomic E-state index is 16.0. The molecule has 8 rings (SSSR count). The fourth-order valence-corrected chi connectivity index (χ4v) is 8.11. The second-order valence-corrected chi connectivity index (χ2v) is 14.1. The van der Waals surface area contributed by atoms with Gasteiger partial charge in [-0.05, 0) is 94.9 Å². The van der Waals surface area contributed by atoms with Gasteiger partial charge in [0.05, 0.1) is 10.9 Å². The number of nitrogens with one attached hydrogen (secondary N) is 2. The van der Waals surface area contributed by atoms with Crippen LogP contribution in [0, 0.1) is 5.82 Å². The molecule has 10 nitrogen and oxygen atoms in total.